The average molecular weight is 333 g/mol. The number of aromatic amines is 1. The molecule has 0 radical (unpaired) electrons. The summed E-state index contributed by atoms with van der Waals surface area (Å²) in [4.78, 5) is 5.42. The number of benzene rings is 1. The summed E-state index contributed by atoms with van der Waals surface area (Å²) in [5, 5.41) is 14.5. The minimum Gasteiger partial charge on any atom is -0.496 e. The minimum atomic E-state index is -0.386. The maximum absolute atomic E-state index is 9.95. The molecule has 0 spiro atoms. The quantitative estimate of drug-likeness (QED) is 0.744. The molecule has 0 unspecified atom stereocenters. The van der Waals surface area contributed by atoms with Crippen LogP contribution in [-0.2, 0) is 11.3 Å². The zero-order valence-electron chi connectivity index (χ0n) is 14.6. The molecule has 2 heterocycles. The maximum atomic E-state index is 9.95. The van der Waals surface area contributed by atoms with Gasteiger partial charge in [0.15, 0.2) is 0 Å². The predicted molar refractivity (Wildman–Crippen MR) is 94.4 cm³/mol. The SMILES string of the molecule is COc1c(CNC[C@]2(CO)COC[C@@H](C)N2C)ccc2[nH]ccc12. The Kier molecular flexibility index (Phi) is 5.10. The van der Waals surface area contributed by atoms with Gasteiger partial charge in [-0.15, -0.1) is 0 Å². The number of H-pyrrole nitrogens is 1. The number of methoxy groups -OCH3 is 1. The lowest BCUT2D eigenvalue weighted by atomic mass is 9.96. The van der Waals surface area contributed by atoms with Crippen molar-refractivity contribution < 1.29 is 14.6 Å². The van der Waals surface area contributed by atoms with Gasteiger partial charge in [-0.25, -0.2) is 0 Å². The second-order valence-corrected chi connectivity index (χ2v) is 6.66. The molecule has 0 aliphatic carbocycles. The molecule has 1 fully saturated rings. The molecule has 24 heavy (non-hydrogen) atoms. The molecular weight excluding hydrogens is 306 g/mol. The van der Waals surface area contributed by atoms with E-state index in [1.165, 1.54) is 0 Å². The first kappa shape index (κ1) is 17.2. The fraction of sp³-hybridized carbons (Fsp3) is 0.556. The lowest BCUT2D eigenvalue weighted by Crippen LogP contribution is -2.65. The molecule has 6 heteroatoms. The van der Waals surface area contributed by atoms with Crippen LogP contribution >= 0.6 is 0 Å². The van der Waals surface area contributed by atoms with Crippen LogP contribution in [0.1, 0.15) is 12.5 Å². The first-order valence-electron chi connectivity index (χ1n) is 8.36. The zero-order valence-corrected chi connectivity index (χ0v) is 14.6. The van der Waals surface area contributed by atoms with Crippen molar-refractivity contribution in [1.82, 2.24) is 15.2 Å². The van der Waals surface area contributed by atoms with Gasteiger partial charge in [0, 0.05) is 41.8 Å². The second kappa shape index (κ2) is 7.11. The van der Waals surface area contributed by atoms with Crippen molar-refractivity contribution in [2.45, 2.75) is 25.0 Å². The molecule has 2 atom stereocenters. The van der Waals surface area contributed by atoms with Crippen LogP contribution in [0, 0.1) is 0 Å². The van der Waals surface area contributed by atoms with Gasteiger partial charge in [-0.3, -0.25) is 4.90 Å². The highest BCUT2D eigenvalue weighted by Crippen LogP contribution is 2.29. The van der Waals surface area contributed by atoms with Crippen molar-refractivity contribution in [2.75, 3.05) is 40.5 Å². The summed E-state index contributed by atoms with van der Waals surface area (Å²) in [7, 11) is 3.75. The standard InChI is InChI=1S/C18H27N3O3/c1-13-9-24-12-18(11-22,21(13)2)10-19-8-14-4-5-16-15(6-7-20-16)17(14)23-3/h4-7,13,19-20,22H,8-12H2,1-3H3/t13-,18+/m1/s1. The van der Waals surface area contributed by atoms with E-state index in [2.05, 4.69) is 41.3 Å². The zero-order chi connectivity index (χ0) is 17.2. The lowest BCUT2D eigenvalue weighted by Gasteiger charge is -2.47. The molecule has 1 aliphatic rings. The molecule has 3 N–H and O–H groups in total. The number of nitrogens with one attached hydrogen (secondary N) is 2. The summed E-state index contributed by atoms with van der Waals surface area (Å²) in [6.07, 6.45) is 1.92. The molecule has 0 saturated carbocycles. The van der Waals surface area contributed by atoms with Crippen LogP contribution in [0.4, 0.5) is 0 Å². The fourth-order valence-electron chi connectivity index (χ4n) is 3.45. The fourth-order valence-corrected chi connectivity index (χ4v) is 3.45. The van der Waals surface area contributed by atoms with Gasteiger partial charge in [0.1, 0.15) is 5.75 Å². The molecule has 1 aliphatic heterocycles. The molecule has 132 valence electrons. The highest BCUT2D eigenvalue weighted by molar-refractivity contribution is 5.87. The normalized spacial score (nSPS) is 25.2. The Morgan fingerprint density at radius 3 is 3.04 bits per heavy atom. The van der Waals surface area contributed by atoms with Crippen LogP contribution in [0.3, 0.4) is 0 Å². The third-order valence-electron chi connectivity index (χ3n) is 5.17. The van der Waals surface area contributed by atoms with Crippen LogP contribution < -0.4 is 10.1 Å². The number of hydrogen-bond acceptors (Lipinski definition) is 5. The lowest BCUT2D eigenvalue weighted by molar-refractivity contribution is -0.106. The van der Waals surface area contributed by atoms with Crippen molar-refractivity contribution >= 4 is 10.9 Å². The number of aliphatic hydroxyl groups excluding tert-OH is 1. The number of likely N-dealkylation sites (N-methyl/N-ethyl adjacent to an activating group) is 1. The number of nitrogens with zero attached hydrogens (tertiary/aromatic N) is 1. The Morgan fingerprint density at radius 2 is 2.29 bits per heavy atom. The molecule has 0 bridgehead atoms. The minimum absolute atomic E-state index is 0.0643. The van der Waals surface area contributed by atoms with Crippen molar-refractivity contribution in [2.24, 2.45) is 0 Å². The van der Waals surface area contributed by atoms with Gasteiger partial charge in [-0.1, -0.05) is 6.07 Å². The number of aromatic nitrogens is 1. The first-order chi connectivity index (χ1) is 11.6. The van der Waals surface area contributed by atoms with E-state index in [-0.39, 0.29) is 12.1 Å². The van der Waals surface area contributed by atoms with E-state index in [0.717, 1.165) is 22.2 Å². The number of fused-ring (bicyclic) bond motifs is 1. The average Bonchev–Trinajstić information content (AvgIpc) is 3.07. The van der Waals surface area contributed by atoms with Crippen LogP contribution in [0.15, 0.2) is 24.4 Å². The number of morpholine rings is 1. The third-order valence-corrected chi connectivity index (χ3v) is 5.17. The van der Waals surface area contributed by atoms with Crippen LogP contribution in [0.5, 0.6) is 5.75 Å². The maximum Gasteiger partial charge on any atom is 0.132 e. The van der Waals surface area contributed by atoms with E-state index in [4.69, 9.17) is 9.47 Å². The summed E-state index contributed by atoms with van der Waals surface area (Å²) < 4.78 is 11.3. The molecule has 1 aromatic carbocycles. The summed E-state index contributed by atoms with van der Waals surface area (Å²) in [5.41, 5.74) is 1.78. The van der Waals surface area contributed by atoms with E-state index >= 15 is 0 Å². The topological polar surface area (TPSA) is 69.8 Å². The second-order valence-electron chi connectivity index (χ2n) is 6.66. The highest BCUT2D eigenvalue weighted by Gasteiger charge is 2.40. The molecular formula is C18H27N3O3. The van der Waals surface area contributed by atoms with Gasteiger partial charge in [0.25, 0.3) is 0 Å². The molecule has 3 rings (SSSR count). The van der Waals surface area contributed by atoms with Crippen molar-refractivity contribution in [3.8, 4) is 5.75 Å². The van der Waals surface area contributed by atoms with Gasteiger partial charge in [0.05, 0.1) is 32.5 Å². The summed E-state index contributed by atoms with van der Waals surface area (Å²) in [6, 6.07) is 6.45. The largest absolute Gasteiger partial charge is 0.496 e. The summed E-state index contributed by atoms with van der Waals surface area (Å²) in [5.74, 6) is 0.890. The number of rotatable bonds is 6. The monoisotopic (exact) mass is 333 g/mol. The molecule has 1 saturated heterocycles. The Hall–Kier alpha value is -1.60. The van der Waals surface area contributed by atoms with Gasteiger partial charge in [0.2, 0.25) is 0 Å². The first-order valence-corrected chi connectivity index (χ1v) is 8.36. The number of ether oxygens (including phenoxy) is 2. The highest BCUT2D eigenvalue weighted by atomic mass is 16.5. The van der Waals surface area contributed by atoms with Crippen LogP contribution in [0.2, 0.25) is 0 Å². The summed E-state index contributed by atoms with van der Waals surface area (Å²) in [6.45, 7) is 4.75. The Balaban J connectivity index is 1.71. The van der Waals surface area contributed by atoms with Crippen LogP contribution in [0.25, 0.3) is 10.9 Å². The van der Waals surface area contributed by atoms with Gasteiger partial charge < -0.3 is 24.9 Å². The van der Waals surface area contributed by atoms with Gasteiger partial charge >= 0.3 is 0 Å². The third kappa shape index (κ3) is 3.02. The smallest absolute Gasteiger partial charge is 0.132 e. The van der Waals surface area contributed by atoms with Gasteiger partial charge in [-0.05, 0) is 26.1 Å². The molecule has 0 amide bonds. The molecule has 2 aromatic rings. The predicted octanol–water partition coefficient (Wildman–Crippen LogP) is 1.35. The Labute approximate surface area is 142 Å². The van der Waals surface area contributed by atoms with E-state index in [1.807, 2.05) is 12.3 Å². The van der Waals surface area contributed by atoms with Gasteiger partial charge in [-0.2, -0.15) is 0 Å². The summed E-state index contributed by atoms with van der Waals surface area (Å²) >= 11 is 0. The van der Waals surface area contributed by atoms with Crippen molar-refractivity contribution in [1.29, 1.82) is 0 Å². The van der Waals surface area contributed by atoms with E-state index < -0.39 is 0 Å². The van der Waals surface area contributed by atoms with Crippen molar-refractivity contribution in [3.05, 3.63) is 30.0 Å². The Bertz CT molecular complexity index is 687. The number of aliphatic hydroxyl groups is 1. The van der Waals surface area contributed by atoms with Crippen LogP contribution in [-0.4, -0.2) is 67.1 Å². The molecule has 1 aromatic heterocycles. The van der Waals surface area contributed by atoms with E-state index in [1.54, 1.807) is 7.11 Å². The molecule has 6 nitrogen and oxygen atoms in total. The van der Waals surface area contributed by atoms with E-state index in [9.17, 15) is 5.11 Å². The van der Waals surface area contributed by atoms with E-state index in [0.29, 0.717) is 32.3 Å². The Morgan fingerprint density at radius 1 is 1.46 bits per heavy atom. The van der Waals surface area contributed by atoms with Crippen molar-refractivity contribution in [3.63, 3.8) is 0 Å². The number of hydrogen-bond donors (Lipinski definition) is 3.